The first kappa shape index (κ1) is 18.7. The van der Waals surface area contributed by atoms with E-state index in [2.05, 4.69) is 5.32 Å². The molecule has 130 valence electrons. The van der Waals surface area contributed by atoms with Gasteiger partial charge >= 0.3 is 5.97 Å². The highest BCUT2D eigenvalue weighted by atomic mass is 35.5. The van der Waals surface area contributed by atoms with E-state index in [0.29, 0.717) is 17.1 Å². The van der Waals surface area contributed by atoms with E-state index in [0.717, 1.165) is 5.56 Å². The number of benzene rings is 2. The van der Waals surface area contributed by atoms with Gasteiger partial charge in [-0.25, -0.2) is 0 Å². The number of hydrogen-bond donors (Lipinski definition) is 1. The van der Waals surface area contributed by atoms with Crippen LogP contribution in [-0.4, -0.2) is 24.3 Å². The maximum absolute atomic E-state index is 11.9. The molecule has 0 aliphatic carbocycles. The Balaban J connectivity index is 1.65. The molecule has 1 N–H and O–H groups in total. The summed E-state index contributed by atoms with van der Waals surface area (Å²) in [4.78, 5) is 35.2. The molecule has 0 saturated heterocycles. The second kappa shape index (κ2) is 9.59. The fourth-order valence-electron chi connectivity index (χ4n) is 2.04. The highest BCUT2D eigenvalue weighted by Gasteiger charge is 2.11. The minimum atomic E-state index is -0.586. The molecule has 6 heteroatoms. The SMILES string of the molecule is O=C(CCC(=O)OCC(=O)c1ccc(Cl)cc1)NCc1ccccc1. The van der Waals surface area contributed by atoms with Crippen LogP contribution < -0.4 is 5.32 Å². The lowest BCUT2D eigenvalue weighted by molar-refractivity contribution is -0.143. The Morgan fingerprint density at radius 2 is 1.60 bits per heavy atom. The monoisotopic (exact) mass is 359 g/mol. The zero-order valence-corrected chi connectivity index (χ0v) is 14.3. The molecule has 0 saturated carbocycles. The second-order valence-electron chi connectivity index (χ2n) is 5.35. The molecule has 0 radical (unpaired) electrons. The third-order valence-corrected chi connectivity index (χ3v) is 3.67. The maximum atomic E-state index is 11.9. The summed E-state index contributed by atoms with van der Waals surface area (Å²) in [5.41, 5.74) is 1.39. The van der Waals surface area contributed by atoms with Gasteiger partial charge in [0.15, 0.2) is 12.4 Å². The van der Waals surface area contributed by atoms with Crippen molar-refractivity contribution < 1.29 is 19.1 Å². The fraction of sp³-hybridized carbons (Fsp3) is 0.211. The number of rotatable bonds is 8. The lowest BCUT2D eigenvalue weighted by Gasteiger charge is -2.06. The molecule has 0 atom stereocenters. The van der Waals surface area contributed by atoms with E-state index in [1.165, 1.54) is 0 Å². The molecule has 0 aliphatic rings. The Hall–Kier alpha value is -2.66. The molecule has 2 aromatic rings. The van der Waals surface area contributed by atoms with E-state index in [1.807, 2.05) is 30.3 Å². The number of carbonyl (C=O) groups is 3. The van der Waals surface area contributed by atoms with Crippen LogP contribution in [0, 0.1) is 0 Å². The number of carbonyl (C=O) groups excluding carboxylic acids is 3. The molecule has 0 aliphatic heterocycles. The van der Waals surface area contributed by atoms with Gasteiger partial charge < -0.3 is 10.1 Å². The van der Waals surface area contributed by atoms with Crippen LogP contribution in [0.3, 0.4) is 0 Å². The van der Waals surface area contributed by atoms with Gasteiger partial charge in [-0.1, -0.05) is 41.9 Å². The molecule has 0 spiro atoms. The molecular weight excluding hydrogens is 342 g/mol. The van der Waals surface area contributed by atoms with E-state index in [1.54, 1.807) is 24.3 Å². The van der Waals surface area contributed by atoms with Crippen molar-refractivity contribution in [1.82, 2.24) is 5.32 Å². The van der Waals surface area contributed by atoms with Crippen LogP contribution in [0.2, 0.25) is 5.02 Å². The molecule has 1 amide bonds. The lowest BCUT2D eigenvalue weighted by atomic mass is 10.1. The molecular formula is C19H18ClNO4. The van der Waals surface area contributed by atoms with Gasteiger partial charge in [-0.3, -0.25) is 14.4 Å². The first-order valence-corrected chi connectivity index (χ1v) is 8.17. The van der Waals surface area contributed by atoms with Crippen LogP contribution in [0.25, 0.3) is 0 Å². The van der Waals surface area contributed by atoms with Crippen LogP contribution in [0.1, 0.15) is 28.8 Å². The average Bonchev–Trinajstić information content (AvgIpc) is 2.64. The molecule has 25 heavy (non-hydrogen) atoms. The van der Waals surface area contributed by atoms with Gasteiger partial charge in [-0.15, -0.1) is 0 Å². The highest BCUT2D eigenvalue weighted by molar-refractivity contribution is 6.30. The van der Waals surface area contributed by atoms with E-state index < -0.39 is 5.97 Å². The summed E-state index contributed by atoms with van der Waals surface area (Å²) in [5.74, 6) is -1.15. The molecule has 0 bridgehead atoms. The Bertz CT molecular complexity index is 729. The van der Waals surface area contributed by atoms with Gasteiger partial charge in [0.2, 0.25) is 5.91 Å². The summed E-state index contributed by atoms with van der Waals surface area (Å²) in [7, 11) is 0. The molecule has 0 unspecified atom stereocenters. The predicted octanol–water partition coefficient (Wildman–Crippen LogP) is 3.16. The topological polar surface area (TPSA) is 72.5 Å². The number of nitrogens with one attached hydrogen (secondary N) is 1. The van der Waals surface area contributed by atoms with E-state index in [-0.39, 0.29) is 31.1 Å². The summed E-state index contributed by atoms with van der Waals surface area (Å²) in [6.45, 7) is 0.0515. The minimum absolute atomic E-state index is 0.0147. The minimum Gasteiger partial charge on any atom is -0.457 e. The van der Waals surface area contributed by atoms with Crippen LogP contribution in [0.5, 0.6) is 0 Å². The fourth-order valence-corrected chi connectivity index (χ4v) is 2.16. The zero-order chi connectivity index (χ0) is 18.1. The number of halogens is 1. The molecule has 2 aromatic carbocycles. The maximum Gasteiger partial charge on any atom is 0.306 e. The summed E-state index contributed by atoms with van der Waals surface area (Å²) in [6, 6.07) is 15.8. The Kier molecular flexibility index (Phi) is 7.16. The van der Waals surface area contributed by atoms with Gasteiger partial charge in [0.05, 0.1) is 6.42 Å². The van der Waals surface area contributed by atoms with Crippen molar-refractivity contribution >= 4 is 29.3 Å². The summed E-state index contributed by atoms with van der Waals surface area (Å²) in [5, 5.41) is 3.25. The van der Waals surface area contributed by atoms with Gasteiger partial charge in [0.1, 0.15) is 0 Å². The van der Waals surface area contributed by atoms with Gasteiger partial charge in [-0.05, 0) is 29.8 Å². The van der Waals surface area contributed by atoms with E-state index >= 15 is 0 Å². The van der Waals surface area contributed by atoms with Gasteiger partial charge in [-0.2, -0.15) is 0 Å². The Labute approximate surface area is 150 Å². The Morgan fingerprint density at radius 3 is 2.28 bits per heavy atom. The van der Waals surface area contributed by atoms with Crippen molar-refractivity contribution in [1.29, 1.82) is 0 Å². The number of ketones is 1. The number of Topliss-reactive ketones (excluding diaryl/α,β-unsaturated/α-hetero) is 1. The summed E-state index contributed by atoms with van der Waals surface area (Å²) < 4.78 is 4.90. The van der Waals surface area contributed by atoms with Crippen LogP contribution >= 0.6 is 11.6 Å². The summed E-state index contributed by atoms with van der Waals surface area (Å²) >= 11 is 5.75. The van der Waals surface area contributed by atoms with E-state index in [9.17, 15) is 14.4 Å². The molecule has 2 rings (SSSR count). The number of hydrogen-bond acceptors (Lipinski definition) is 4. The molecule has 0 heterocycles. The quantitative estimate of drug-likeness (QED) is 0.580. The van der Waals surface area contributed by atoms with Crippen molar-refractivity contribution in [3.05, 3.63) is 70.7 Å². The first-order chi connectivity index (χ1) is 12.0. The van der Waals surface area contributed by atoms with Crippen molar-refractivity contribution in [2.24, 2.45) is 0 Å². The van der Waals surface area contributed by atoms with E-state index in [4.69, 9.17) is 16.3 Å². The third kappa shape index (κ3) is 6.77. The lowest BCUT2D eigenvalue weighted by Crippen LogP contribution is -2.24. The van der Waals surface area contributed by atoms with Crippen molar-refractivity contribution in [3.8, 4) is 0 Å². The number of esters is 1. The van der Waals surface area contributed by atoms with Crippen LogP contribution in [0.4, 0.5) is 0 Å². The van der Waals surface area contributed by atoms with Crippen LogP contribution in [0.15, 0.2) is 54.6 Å². The number of ether oxygens (including phenoxy) is 1. The van der Waals surface area contributed by atoms with Crippen molar-refractivity contribution in [2.45, 2.75) is 19.4 Å². The largest absolute Gasteiger partial charge is 0.457 e. The van der Waals surface area contributed by atoms with Gasteiger partial charge in [0, 0.05) is 23.6 Å². The first-order valence-electron chi connectivity index (χ1n) is 7.79. The third-order valence-electron chi connectivity index (χ3n) is 3.42. The second-order valence-corrected chi connectivity index (χ2v) is 5.79. The smallest absolute Gasteiger partial charge is 0.306 e. The highest BCUT2D eigenvalue weighted by Crippen LogP contribution is 2.10. The van der Waals surface area contributed by atoms with Crippen molar-refractivity contribution in [2.75, 3.05) is 6.61 Å². The number of amides is 1. The normalized spacial score (nSPS) is 10.1. The standard InChI is InChI=1S/C19H18ClNO4/c20-16-8-6-15(7-9-16)17(22)13-25-19(24)11-10-18(23)21-12-14-4-2-1-3-5-14/h1-9H,10-13H2,(H,21,23). The van der Waals surface area contributed by atoms with Gasteiger partial charge in [0.25, 0.3) is 0 Å². The molecule has 5 nitrogen and oxygen atoms in total. The van der Waals surface area contributed by atoms with Crippen molar-refractivity contribution in [3.63, 3.8) is 0 Å². The average molecular weight is 360 g/mol. The summed E-state index contributed by atoms with van der Waals surface area (Å²) in [6.07, 6.45) is -0.0602. The Morgan fingerprint density at radius 1 is 0.920 bits per heavy atom. The zero-order valence-electron chi connectivity index (χ0n) is 13.5. The predicted molar refractivity (Wildman–Crippen MR) is 94.3 cm³/mol. The molecule has 0 aromatic heterocycles. The molecule has 0 fully saturated rings. The van der Waals surface area contributed by atoms with Crippen LogP contribution in [-0.2, 0) is 20.9 Å².